The highest BCUT2D eigenvalue weighted by atomic mass is 35.5. The van der Waals surface area contributed by atoms with Gasteiger partial charge in [0.05, 0.1) is 0 Å². The van der Waals surface area contributed by atoms with Crippen LogP contribution in [-0.2, 0) is 13.0 Å². The van der Waals surface area contributed by atoms with Crippen molar-refractivity contribution in [1.29, 1.82) is 0 Å². The lowest BCUT2D eigenvalue weighted by Crippen LogP contribution is -2.24. The maximum Gasteiger partial charge on any atom is 0.0457 e. The average Bonchev–Trinajstić information content (AvgIpc) is 2.89. The molecule has 1 aliphatic rings. The molecule has 0 saturated carbocycles. The highest BCUT2D eigenvalue weighted by molar-refractivity contribution is 6.30. The number of nitrogens with zero attached hydrogens (tertiary/aromatic N) is 1. The smallest absolute Gasteiger partial charge is 0.0457 e. The predicted octanol–water partition coefficient (Wildman–Crippen LogP) is 4.53. The van der Waals surface area contributed by atoms with Gasteiger partial charge in [0.1, 0.15) is 0 Å². The maximum atomic E-state index is 6.19. The normalized spacial score (nSPS) is 13.8. The summed E-state index contributed by atoms with van der Waals surface area (Å²) < 4.78 is 0. The van der Waals surface area contributed by atoms with Gasteiger partial charge in [-0.15, -0.1) is 0 Å². The highest BCUT2D eigenvalue weighted by Crippen LogP contribution is 2.36. The molecule has 110 valence electrons. The molecule has 1 aliphatic heterocycles. The summed E-state index contributed by atoms with van der Waals surface area (Å²) in [5.41, 5.74) is 5.27. The minimum atomic E-state index is 0.461. The molecule has 0 fully saturated rings. The van der Waals surface area contributed by atoms with Gasteiger partial charge in [-0.2, -0.15) is 0 Å². The summed E-state index contributed by atoms with van der Waals surface area (Å²) in [5.74, 6) is 0. The molecule has 0 aliphatic carbocycles. The largest absolute Gasteiger partial charge is 0.341 e. The molecule has 0 atom stereocenters. The Bertz CT molecular complexity index is 637. The molecule has 0 bridgehead atoms. The number of fused-ring (bicyclic) bond motifs is 1. The number of benzene rings is 2. The molecule has 2 aromatic rings. The van der Waals surface area contributed by atoms with E-state index in [1.165, 1.54) is 22.5 Å². The van der Waals surface area contributed by atoms with Crippen LogP contribution in [0.5, 0.6) is 0 Å². The average molecular weight is 301 g/mol. The van der Waals surface area contributed by atoms with Crippen molar-refractivity contribution in [3.63, 3.8) is 0 Å². The van der Waals surface area contributed by atoms with Crippen molar-refractivity contribution in [3.05, 3.63) is 58.6 Å². The topological polar surface area (TPSA) is 15.3 Å². The Balaban J connectivity index is 1.95. The zero-order valence-corrected chi connectivity index (χ0v) is 13.3. The van der Waals surface area contributed by atoms with Gasteiger partial charge in [-0.25, -0.2) is 0 Å². The summed E-state index contributed by atoms with van der Waals surface area (Å²) >= 11 is 6.19. The molecule has 2 aromatic carbocycles. The summed E-state index contributed by atoms with van der Waals surface area (Å²) in [5, 5.41) is 4.29. The van der Waals surface area contributed by atoms with Crippen LogP contribution in [0.1, 0.15) is 25.0 Å². The van der Waals surface area contributed by atoms with Crippen LogP contribution in [0.15, 0.2) is 42.5 Å². The molecule has 0 aromatic heterocycles. The SMILES string of the molecule is CC(C)NCc1cc(Cl)ccc1N1CCc2ccccc21. The van der Waals surface area contributed by atoms with Crippen LogP contribution in [0.2, 0.25) is 5.02 Å². The van der Waals surface area contributed by atoms with Crippen molar-refractivity contribution in [1.82, 2.24) is 5.32 Å². The van der Waals surface area contributed by atoms with Crippen LogP contribution in [-0.4, -0.2) is 12.6 Å². The first-order valence-corrected chi connectivity index (χ1v) is 7.90. The molecule has 0 saturated heterocycles. The van der Waals surface area contributed by atoms with Gasteiger partial charge in [-0.1, -0.05) is 43.6 Å². The Morgan fingerprint density at radius 3 is 2.76 bits per heavy atom. The van der Waals surface area contributed by atoms with E-state index in [2.05, 4.69) is 60.5 Å². The van der Waals surface area contributed by atoms with Crippen LogP contribution in [0, 0.1) is 0 Å². The van der Waals surface area contributed by atoms with E-state index in [0.717, 1.165) is 24.5 Å². The number of anilines is 2. The Labute approximate surface area is 131 Å². The van der Waals surface area contributed by atoms with Crippen LogP contribution in [0.3, 0.4) is 0 Å². The van der Waals surface area contributed by atoms with E-state index >= 15 is 0 Å². The zero-order chi connectivity index (χ0) is 14.8. The van der Waals surface area contributed by atoms with Crippen molar-refractivity contribution in [2.75, 3.05) is 11.4 Å². The molecule has 1 heterocycles. The third kappa shape index (κ3) is 3.07. The van der Waals surface area contributed by atoms with Crippen LogP contribution in [0.25, 0.3) is 0 Å². The van der Waals surface area contributed by atoms with E-state index in [9.17, 15) is 0 Å². The van der Waals surface area contributed by atoms with Gasteiger partial charge >= 0.3 is 0 Å². The van der Waals surface area contributed by atoms with Crippen molar-refractivity contribution in [2.24, 2.45) is 0 Å². The van der Waals surface area contributed by atoms with Gasteiger partial charge in [0.15, 0.2) is 0 Å². The van der Waals surface area contributed by atoms with Crippen LogP contribution in [0.4, 0.5) is 11.4 Å². The molecule has 3 rings (SSSR count). The summed E-state index contributed by atoms with van der Waals surface area (Å²) in [7, 11) is 0. The first kappa shape index (κ1) is 14.4. The standard InChI is InChI=1S/C18H21ClN2/c1-13(2)20-12-15-11-16(19)7-8-18(15)21-10-9-14-5-3-4-6-17(14)21/h3-8,11,13,20H,9-10,12H2,1-2H3. The molecular formula is C18H21ClN2. The molecule has 2 nitrogen and oxygen atoms in total. The van der Waals surface area contributed by atoms with Gasteiger partial charge in [-0.05, 0) is 41.8 Å². The monoisotopic (exact) mass is 300 g/mol. The van der Waals surface area contributed by atoms with Gasteiger partial charge in [0.2, 0.25) is 0 Å². The third-order valence-corrected chi connectivity index (χ3v) is 4.16. The molecular weight excluding hydrogens is 280 g/mol. The first-order chi connectivity index (χ1) is 10.1. The Morgan fingerprint density at radius 2 is 1.95 bits per heavy atom. The quantitative estimate of drug-likeness (QED) is 0.892. The molecule has 3 heteroatoms. The second kappa shape index (κ2) is 6.08. The predicted molar refractivity (Wildman–Crippen MR) is 90.6 cm³/mol. The molecule has 0 amide bonds. The molecule has 1 N–H and O–H groups in total. The van der Waals surface area contributed by atoms with Crippen molar-refractivity contribution in [3.8, 4) is 0 Å². The number of nitrogens with one attached hydrogen (secondary N) is 1. The van der Waals surface area contributed by atoms with E-state index in [0.29, 0.717) is 6.04 Å². The summed E-state index contributed by atoms with van der Waals surface area (Å²) in [6, 6.07) is 15.3. The van der Waals surface area contributed by atoms with E-state index in [1.807, 2.05) is 6.07 Å². The Kier molecular flexibility index (Phi) is 4.18. The third-order valence-electron chi connectivity index (χ3n) is 3.92. The number of para-hydroxylation sites is 1. The first-order valence-electron chi connectivity index (χ1n) is 7.52. The minimum Gasteiger partial charge on any atom is -0.341 e. The zero-order valence-electron chi connectivity index (χ0n) is 12.6. The molecule has 0 radical (unpaired) electrons. The fourth-order valence-electron chi connectivity index (χ4n) is 2.86. The van der Waals surface area contributed by atoms with Crippen molar-refractivity contribution >= 4 is 23.0 Å². The van der Waals surface area contributed by atoms with Crippen LogP contribution >= 0.6 is 11.6 Å². The fourth-order valence-corrected chi connectivity index (χ4v) is 3.06. The highest BCUT2D eigenvalue weighted by Gasteiger charge is 2.21. The number of hydrogen-bond acceptors (Lipinski definition) is 2. The van der Waals surface area contributed by atoms with Gasteiger partial charge in [-0.3, -0.25) is 0 Å². The van der Waals surface area contributed by atoms with Gasteiger partial charge in [0.25, 0.3) is 0 Å². The summed E-state index contributed by atoms with van der Waals surface area (Å²) in [6.45, 7) is 6.20. The number of hydrogen-bond donors (Lipinski definition) is 1. The number of rotatable bonds is 4. The Morgan fingerprint density at radius 1 is 1.14 bits per heavy atom. The van der Waals surface area contributed by atoms with E-state index in [1.54, 1.807) is 0 Å². The van der Waals surface area contributed by atoms with E-state index in [-0.39, 0.29) is 0 Å². The van der Waals surface area contributed by atoms with E-state index in [4.69, 9.17) is 11.6 Å². The fraction of sp³-hybridized carbons (Fsp3) is 0.333. The lowest BCUT2D eigenvalue weighted by Gasteiger charge is -2.24. The second-order valence-electron chi connectivity index (χ2n) is 5.84. The molecule has 0 spiro atoms. The lowest BCUT2D eigenvalue weighted by atomic mass is 10.1. The second-order valence-corrected chi connectivity index (χ2v) is 6.28. The minimum absolute atomic E-state index is 0.461. The van der Waals surface area contributed by atoms with Gasteiger partial charge < -0.3 is 10.2 Å². The van der Waals surface area contributed by atoms with Crippen molar-refractivity contribution in [2.45, 2.75) is 32.9 Å². The van der Waals surface area contributed by atoms with Crippen molar-refractivity contribution < 1.29 is 0 Å². The van der Waals surface area contributed by atoms with Gasteiger partial charge in [0, 0.05) is 35.5 Å². The maximum absolute atomic E-state index is 6.19. The van der Waals surface area contributed by atoms with Crippen LogP contribution < -0.4 is 10.2 Å². The van der Waals surface area contributed by atoms with E-state index < -0.39 is 0 Å². The molecule has 21 heavy (non-hydrogen) atoms. The number of halogens is 1. The summed E-state index contributed by atoms with van der Waals surface area (Å²) in [4.78, 5) is 2.41. The summed E-state index contributed by atoms with van der Waals surface area (Å²) in [6.07, 6.45) is 1.11. The lowest BCUT2D eigenvalue weighted by molar-refractivity contribution is 0.589. The molecule has 0 unspecified atom stereocenters. The Hall–Kier alpha value is -1.51.